The molecule has 0 unspecified atom stereocenters. The molecule has 0 aliphatic carbocycles. The number of nitrogen functional groups attached to an aromatic ring is 1. The van der Waals surface area contributed by atoms with Crippen molar-refractivity contribution in [3.63, 3.8) is 0 Å². The quantitative estimate of drug-likeness (QED) is 0.547. The molecule has 0 aliphatic rings. The first kappa shape index (κ1) is 14.2. The number of benzene rings is 1. The Kier molecular flexibility index (Phi) is 2.46. The molecule has 0 aliphatic heterocycles. The van der Waals surface area contributed by atoms with Gasteiger partial charge in [-0.15, -0.1) is 11.7 Å². The van der Waals surface area contributed by atoms with Crippen molar-refractivity contribution >= 4 is 27.1 Å². The Hall–Kier alpha value is -0.840. The Morgan fingerprint density at radius 3 is 1.71 bits per heavy atom. The lowest BCUT2D eigenvalue weighted by atomic mass is 10.3. The lowest BCUT2D eigenvalue weighted by molar-refractivity contribution is 0.363. The summed E-state index contributed by atoms with van der Waals surface area (Å²) >= 11 is -6.06. The zero-order valence-corrected chi connectivity index (χ0v) is 9.28. The van der Waals surface area contributed by atoms with Gasteiger partial charge in [-0.1, -0.05) is 19.4 Å². The van der Waals surface area contributed by atoms with E-state index in [9.17, 15) is 31.1 Å². The highest BCUT2D eigenvalue weighted by Crippen LogP contribution is 3.02. The van der Waals surface area contributed by atoms with Crippen LogP contribution >= 0.6 is 21.4 Å². The minimum absolute atomic E-state index is 0.183. The molecule has 1 nitrogen and oxygen atoms in total. The summed E-state index contributed by atoms with van der Waals surface area (Å²) < 4.78 is 98.1. The second-order valence-corrected chi connectivity index (χ2v) is 6.81. The number of nitrogens with two attached hydrogens (primary N) is 1. The Balaban J connectivity index is 3.57. The van der Waals surface area contributed by atoms with Crippen LogP contribution in [0.3, 0.4) is 0 Å². The Labute approximate surface area is 92.5 Å². The molecule has 0 saturated heterocycles. The molecule has 0 spiro atoms. The van der Waals surface area contributed by atoms with Crippen LogP contribution in [0.5, 0.6) is 0 Å². The molecule has 102 valence electrons. The highest BCUT2D eigenvalue weighted by Gasteiger charge is 2.65. The molecule has 2 N–H and O–H groups in total. The monoisotopic (exact) mass is 307 g/mol. The number of hydrogen-bond acceptors (Lipinski definition) is 1. The lowest BCUT2D eigenvalue weighted by Gasteiger charge is -2.40. The summed E-state index contributed by atoms with van der Waals surface area (Å²) in [6, 6.07) is -0.647. The van der Waals surface area contributed by atoms with E-state index >= 15 is 0 Å². The van der Waals surface area contributed by atoms with Crippen molar-refractivity contribution in [2.45, 2.75) is 9.79 Å². The second-order valence-electron chi connectivity index (χ2n) is 3.11. The average molecular weight is 307 g/mol. The first-order chi connectivity index (χ1) is 7.09. The zero-order valence-electron chi connectivity index (χ0n) is 7.65. The molecule has 0 fully saturated rings. The molecular weight excluding hydrogens is 302 g/mol. The normalized spacial score (nSPS) is 18.4. The minimum atomic E-state index is -10.1. The summed E-state index contributed by atoms with van der Waals surface area (Å²) in [5.74, 6) is 0. The highest BCUT2D eigenvalue weighted by molar-refractivity contribution is 8.45. The van der Waals surface area contributed by atoms with Crippen molar-refractivity contribution in [3.8, 4) is 0 Å². The molecule has 1 rings (SSSR count). The van der Waals surface area contributed by atoms with Crippen molar-refractivity contribution in [2.24, 2.45) is 0 Å². The van der Waals surface area contributed by atoms with Gasteiger partial charge in [0, 0.05) is 5.69 Å². The third-order valence-corrected chi connectivity index (χ3v) is 3.51. The summed E-state index contributed by atoms with van der Waals surface area (Å²) in [7, 11) is -10.1. The molecule has 0 bridgehead atoms. The third kappa shape index (κ3) is 3.56. The van der Waals surface area contributed by atoms with E-state index in [-0.39, 0.29) is 12.1 Å². The minimum Gasteiger partial charge on any atom is -0.399 e. The molecule has 17 heavy (non-hydrogen) atoms. The van der Waals surface area contributed by atoms with E-state index in [0.29, 0.717) is 0 Å². The molecule has 0 saturated carbocycles. The topological polar surface area (TPSA) is 26.0 Å². The maximum atomic E-state index is 12.3. The van der Waals surface area contributed by atoms with E-state index in [1.54, 1.807) is 0 Å². The summed E-state index contributed by atoms with van der Waals surface area (Å²) in [6.07, 6.45) is 0. The summed E-state index contributed by atoms with van der Waals surface area (Å²) in [4.78, 5) is -4.43. The number of anilines is 1. The molecule has 11 heteroatoms. The maximum absolute atomic E-state index is 12.3. The molecule has 0 radical (unpaired) electrons. The third-order valence-electron chi connectivity index (χ3n) is 1.62. The summed E-state index contributed by atoms with van der Waals surface area (Å²) in [5, 5.41) is 0. The fourth-order valence-corrected chi connectivity index (χ4v) is 2.26. The van der Waals surface area contributed by atoms with Gasteiger partial charge in [-0.2, -0.15) is 0 Å². The molecule has 1 aromatic rings. The van der Waals surface area contributed by atoms with Crippen molar-refractivity contribution in [1.29, 1.82) is 0 Å². The average Bonchev–Trinajstić information content (AvgIpc) is 1.96. The van der Waals surface area contributed by atoms with Crippen LogP contribution in [0.2, 0.25) is 0 Å². The van der Waals surface area contributed by atoms with Gasteiger partial charge >= 0.3 is 10.2 Å². The van der Waals surface area contributed by atoms with E-state index < -0.39 is 43.0 Å². The van der Waals surface area contributed by atoms with Gasteiger partial charge in [-0.3, -0.25) is 0 Å². The van der Waals surface area contributed by atoms with Gasteiger partial charge in [-0.05, 0) is 18.2 Å². The van der Waals surface area contributed by atoms with Crippen molar-refractivity contribution in [3.05, 3.63) is 18.2 Å². The summed E-state index contributed by atoms with van der Waals surface area (Å²) in [6.45, 7) is 0. The predicted octanol–water partition coefficient (Wildman–Crippen LogP) is 5.74. The van der Waals surface area contributed by atoms with Gasteiger partial charge in [0.1, 0.15) is 4.90 Å². The van der Waals surface area contributed by atoms with Crippen LogP contribution in [0.1, 0.15) is 0 Å². The molecule has 1 aromatic carbocycles. The predicted molar refractivity (Wildman–Crippen MR) is 51.4 cm³/mol. The molecular formula is C6H5F8NS2. The maximum Gasteiger partial charge on any atom is 0.310 e. The fourth-order valence-electron chi connectivity index (χ4n) is 0.950. The van der Waals surface area contributed by atoms with E-state index in [1.165, 1.54) is 0 Å². The highest BCUT2D eigenvalue weighted by atomic mass is 32.5. The molecule has 0 atom stereocenters. The SMILES string of the molecule is Nc1cc(S(F)(F)F)cc(S(F)(F)(F)(F)F)c1. The first-order valence-corrected chi connectivity index (χ1v) is 6.95. The van der Waals surface area contributed by atoms with E-state index in [1.807, 2.05) is 0 Å². The standard InChI is InChI=1S/C6H5F8NS2/c7-16(8,9)5-1-4(15)2-6(3-5)17(10,11,12,13)14/h1-3H,15H2. The van der Waals surface area contributed by atoms with Gasteiger partial charge in [0.05, 0.1) is 4.90 Å². The van der Waals surface area contributed by atoms with Gasteiger partial charge in [-0.25, -0.2) is 0 Å². The zero-order chi connectivity index (χ0) is 13.8. The van der Waals surface area contributed by atoms with Crippen LogP contribution in [0.25, 0.3) is 0 Å². The van der Waals surface area contributed by atoms with Crippen LogP contribution in [0.4, 0.5) is 36.8 Å². The lowest BCUT2D eigenvalue weighted by Crippen LogP contribution is -2.07. The van der Waals surface area contributed by atoms with Gasteiger partial charge < -0.3 is 5.73 Å². The van der Waals surface area contributed by atoms with Crippen LogP contribution in [-0.2, 0) is 0 Å². The number of hydrogen-bond donors (Lipinski definition) is 1. The molecule has 0 heterocycles. The van der Waals surface area contributed by atoms with Gasteiger partial charge in [0.2, 0.25) is 11.2 Å². The molecule has 0 amide bonds. The van der Waals surface area contributed by atoms with Crippen molar-refractivity contribution in [1.82, 2.24) is 0 Å². The van der Waals surface area contributed by atoms with Crippen LogP contribution < -0.4 is 5.73 Å². The Morgan fingerprint density at radius 2 is 1.35 bits per heavy atom. The summed E-state index contributed by atoms with van der Waals surface area (Å²) in [5.41, 5.74) is 3.75. The van der Waals surface area contributed by atoms with Crippen LogP contribution in [0.15, 0.2) is 28.0 Å². The molecule has 0 aromatic heterocycles. The van der Waals surface area contributed by atoms with Crippen LogP contribution in [0, 0.1) is 0 Å². The largest absolute Gasteiger partial charge is 0.399 e. The van der Waals surface area contributed by atoms with Gasteiger partial charge in [0.15, 0.2) is 0 Å². The van der Waals surface area contributed by atoms with E-state index in [4.69, 9.17) is 5.73 Å². The number of rotatable bonds is 2. The number of halogens is 8. The smallest absolute Gasteiger partial charge is 0.310 e. The fraction of sp³-hybridized carbons (Fsp3) is 0. The second kappa shape index (κ2) is 2.94. The van der Waals surface area contributed by atoms with E-state index in [2.05, 4.69) is 0 Å². The van der Waals surface area contributed by atoms with Crippen molar-refractivity contribution < 1.29 is 31.1 Å². The first-order valence-electron chi connectivity index (χ1n) is 3.66. The van der Waals surface area contributed by atoms with Crippen LogP contribution in [-0.4, -0.2) is 0 Å². The Bertz CT molecular complexity index is 460. The Morgan fingerprint density at radius 1 is 0.882 bits per heavy atom. The van der Waals surface area contributed by atoms with E-state index in [0.717, 1.165) is 0 Å². The van der Waals surface area contributed by atoms with Crippen molar-refractivity contribution in [2.75, 3.05) is 5.73 Å². The van der Waals surface area contributed by atoms with Gasteiger partial charge in [0.25, 0.3) is 0 Å².